The van der Waals surface area contributed by atoms with Gasteiger partial charge in [-0.1, -0.05) is 26.3 Å². The number of aromatic nitrogens is 2. The van der Waals surface area contributed by atoms with Crippen LogP contribution in [0.25, 0.3) is 0 Å². The summed E-state index contributed by atoms with van der Waals surface area (Å²) in [6, 6.07) is 6.71. The SMILES string of the molecule is CCCCOc1ccc2c(c1)CCC1C2CC[C@]2(C)c3n[nH]c(C(=O)O)c3CC12. The maximum absolute atomic E-state index is 11.6. The van der Waals surface area contributed by atoms with E-state index in [2.05, 4.69) is 42.2 Å². The van der Waals surface area contributed by atoms with Gasteiger partial charge in [0, 0.05) is 11.0 Å². The van der Waals surface area contributed by atoms with Crippen molar-refractivity contribution in [3.05, 3.63) is 46.3 Å². The summed E-state index contributed by atoms with van der Waals surface area (Å²) in [5, 5.41) is 16.8. The van der Waals surface area contributed by atoms with Crippen molar-refractivity contribution in [1.82, 2.24) is 10.2 Å². The first-order valence-corrected chi connectivity index (χ1v) is 11.1. The summed E-state index contributed by atoms with van der Waals surface area (Å²) >= 11 is 0. The van der Waals surface area contributed by atoms with Gasteiger partial charge in [0.15, 0.2) is 0 Å². The number of hydrogen-bond donors (Lipinski definition) is 2. The van der Waals surface area contributed by atoms with E-state index in [0.717, 1.165) is 62.1 Å². The highest BCUT2D eigenvalue weighted by atomic mass is 16.5. The molecule has 3 aliphatic carbocycles. The summed E-state index contributed by atoms with van der Waals surface area (Å²) in [6.45, 7) is 5.28. The van der Waals surface area contributed by atoms with Crippen molar-refractivity contribution in [2.24, 2.45) is 11.8 Å². The first-order chi connectivity index (χ1) is 14.0. The fourth-order valence-corrected chi connectivity index (χ4v) is 6.41. The molecule has 154 valence electrons. The Bertz CT molecular complexity index is 950. The Labute approximate surface area is 171 Å². The smallest absolute Gasteiger partial charge is 0.354 e. The number of carboxylic acid groups (broad SMARTS) is 1. The number of aryl methyl sites for hydroxylation is 1. The third-order valence-electron chi connectivity index (χ3n) is 7.90. The molecule has 2 aromatic rings. The summed E-state index contributed by atoms with van der Waals surface area (Å²) in [5.41, 5.74) is 5.22. The molecular weight excluding hydrogens is 364 g/mol. The van der Waals surface area contributed by atoms with Crippen molar-refractivity contribution in [2.45, 2.75) is 70.1 Å². The van der Waals surface area contributed by atoms with Gasteiger partial charge in [-0.15, -0.1) is 0 Å². The zero-order valence-corrected chi connectivity index (χ0v) is 17.3. The van der Waals surface area contributed by atoms with Gasteiger partial charge in [0.05, 0.1) is 12.3 Å². The van der Waals surface area contributed by atoms with Crippen molar-refractivity contribution < 1.29 is 14.6 Å². The lowest BCUT2D eigenvalue weighted by atomic mass is 9.55. The Hall–Kier alpha value is -2.30. The van der Waals surface area contributed by atoms with Crippen molar-refractivity contribution in [2.75, 3.05) is 6.61 Å². The van der Waals surface area contributed by atoms with Crippen LogP contribution in [0.1, 0.15) is 84.7 Å². The molecule has 0 spiro atoms. The van der Waals surface area contributed by atoms with E-state index in [1.165, 1.54) is 17.5 Å². The van der Waals surface area contributed by atoms with Crippen LogP contribution in [0.2, 0.25) is 0 Å². The van der Waals surface area contributed by atoms with Crippen LogP contribution in [-0.2, 0) is 18.3 Å². The van der Waals surface area contributed by atoms with Gasteiger partial charge in [-0.3, -0.25) is 5.10 Å². The number of nitrogens with one attached hydrogen (secondary N) is 1. The van der Waals surface area contributed by atoms with Crippen LogP contribution in [0, 0.1) is 11.8 Å². The molecular formula is C24H30N2O3. The molecule has 5 heteroatoms. The van der Waals surface area contributed by atoms with E-state index in [1.807, 2.05) is 0 Å². The number of carbonyl (C=O) groups is 1. The molecule has 1 heterocycles. The largest absolute Gasteiger partial charge is 0.494 e. The number of H-pyrrole nitrogens is 1. The second kappa shape index (κ2) is 6.89. The van der Waals surface area contributed by atoms with Crippen molar-refractivity contribution in [1.29, 1.82) is 0 Å². The lowest BCUT2D eigenvalue weighted by Crippen LogP contribution is -2.43. The van der Waals surface area contributed by atoms with Gasteiger partial charge < -0.3 is 9.84 Å². The Morgan fingerprint density at radius 3 is 3.03 bits per heavy atom. The van der Waals surface area contributed by atoms with Gasteiger partial charge in [0.1, 0.15) is 11.4 Å². The lowest BCUT2D eigenvalue weighted by molar-refractivity contribution is 0.0687. The van der Waals surface area contributed by atoms with Crippen LogP contribution >= 0.6 is 0 Å². The quantitative estimate of drug-likeness (QED) is 0.711. The lowest BCUT2D eigenvalue weighted by Gasteiger charge is -2.49. The molecule has 1 fully saturated rings. The van der Waals surface area contributed by atoms with Crippen molar-refractivity contribution >= 4 is 5.97 Å². The maximum atomic E-state index is 11.6. The topological polar surface area (TPSA) is 75.2 Å². The first-order valence-electron chi connectivity index (χ1n) is 11.1. The van der Waals surface area contributed by atoms with Crippen LogP contribution in [0.5, 0.6) is 5.75 Å². The first kappa shape index (κ1) is 18.7. The fourth-order valence-electron chi connectivity index (χ4n) is 6.41. The zero-order chi connectivity index (χ0) is 20.2. The van der Waals surface area contributed by atoms with E-state index in [1.54, 1.807) is 0 Å². The second-order valence-electron chi connectivity index (χ2n) is 9.37. The highest BCUT2D eigenvalue weighted by molar-refractivity contribution is 5.87. The Morgan fingerprint density at radius 2 is 2.24 bits per heavy atom. The van der Waals surface area contributed by atoms with Crippen LogP contribution < -0.4 is 4.74 Å². The Balaban J connectivity index is 1.42. The molecule has 1 aromatic heterocycles. The average Bonchev–Trinajstić information content (AvgIpc) is 3.26. The van der Waals surface area contributed by atoms with Crippen LogP contribution in [0.15, 0.2) is 18.2 Å². The highest BCUT2D eigenvalue weighted by Gasteiger charge is 2.55. The molecule has 1 aromatic carbocycles. The average molecular weight is 395 g/mol. The van der Waals surface area contributed by atoms with E-state index >= 15 is 0 Å². The van der Waals surface area contributed by atoms with Crippen LogP contribution in [0.3, 0.4) is 0 Å². The number of hydrogen-bond acceptors (Lipinski definition) is 3. The van der Waals surface area contributed by atoms with Gasteiger partial charge in [-0.25, -0.2) is 4.79 Å². The molecule has 2 N–H and O–H groups in total. The Morgan fingerprint density at radius 1 is 1.38 bits per heavy atom. The number of fused-ring (bicyclic) bond motifs is 7. The van der Waals surface area contributed by atoms with Gasteiger partial charge in [0.25, 0.3) is 0 Å². The Kier molecular flexibility index (Phi) is 4.45. The predicted octanol–water partition coefficient (Wildman–Crippen LogP) is 4.86. The second-order valence-corrected chi connectivity index (χ2v) is 9.37. The zero-order valence-electron chi connectivity index (χ0n) is 17.3. The van der Waals surface area contributed by atoms with Crippen LogP contribution in [0.4, 0.5) is 0 Å². The number of aromatic amines is 1. The number of rotatable bonds is 5. The molecule has 0 radical (unpaired) electrons. The number of nitrogens with zero attached hydrogens (tertiary/aromatic N) is 1. The molecule has 3 unspecified atom stereocenters. The van der Waals surface area contributed by atoms with E-state index in [4.69, 9.17) is 4.74 Å². The third-order valence-corrected chi connectivity index (χ3v) is 7.90. The van der Waals surface area contributed by atoms with Gasteiger partial charge in [0.2, 0.25) is 0 Å². The van der Waals surface area contributed by atoms with E-state index in [9.17, 15) is 9.90 Å². The van der Waals surface area contributed by atoms with E-state index in [0.29, 0.717) is 23.4 Å². The summed E-state index contributed by atoms with van der Waals surface area (Å²) in [4.78, 5) is 11.6. The molecule has 3 aliphatic rings. The van der Waals surface area contributed by atoms with Crippen LogP contribution in [-0.4, -0.2) is 27.9 Å². The number of benzene rings is 1. The number of ether oxygens (including phenoxy) is 1. The van der Waals surface area contributed by atoms with Crippen molar-refractivity contribution in [3.8, 4) is 5.75 Å². The molecule has 5 rings (SSSR count). The molecule has 0 saturated heterocycles. The summed E-state index contributed by atoms with van der Waals surface area (Å²) in [6.07, 6.45) is 7.57. The number of unbranched alkanes of at least 4 members (excludes halogenated alkanes) is 1. The highest BCUT2D eigenvalue weighted by Crippen LogP contribution is 2.60. The number of carboxylic acids is 1. The predicted molar refractivity (Wildman–Crippen MR) is 111 cm³/mol. The normalized spacial score (nSPS) is 29.5. The van der Waals surface area contributed by atoms with E-state index < -0.39 is 5.97 Å². The van der Waals surface area contributed by atoms with Gasteiger partial charge in [-0.2, -0.15) is 5.10 Å². The standard InChI is InChI=1S/C24H30N2O3/c1-3-4-11-29-15-6-8-16-14(12-15)5-7-18-17(16)9-10-24(2)20(18)13-19-21(23(27)28)25-26-22(19)24/h6,8,12,17-18,20H,3-5,7,9-11,13H2,1-2H3,(H,25,26)(H,27,28)/t17?,18?,20?,24-/m0/s1. The molecule has 0 bridgehead atoms. The molecule has 0 aliphatic heterocycles. The summed E-state index contributed by atoms with van der Waals surface area (Å²) in [7, 11) is 0. The minimum Gasteiger partial charge on any atom is -0.494 e. The monoisotopic (exact) mass is 394 g/mol. The maximum Gasteiger partial charge on any atom is 0.354 e. The molecule has 0 amide bonds. The summed E-state index contributed by atoms with van der Waals surface area (Å²) < 4.78 is 5.93. The molecule has 4 atom stereocenters. The number of aromatic carboxylic acids is 1. The molecule has 29 heavy (non-hydrogen) atoms. The fraction of sp³-hybridized carbons (Fsp3) is 0.583. The van der Waals surface area contributed by atoms with E-state index in [-0.39, 0.29) is 5.41 Å². The van der Waals surface area contributed by atoms with Gasteiger partial charge in [-0.05, 0) is 79.5 Å². The summed E-state index contributed by atoms with van der Waals surface area (Å²) in [5.74, 6) is 1.78. The molecule has 1 saturated carbocycles. The third kappa shape index (κ3) is 2.81. The minimum absolute atomic E-state index is 0.00140. The van der Waals surface area contributed by atoms with Gasteiger partial charge >= 0.3 is 5.97 Å². The molecule has 5 nitrogen and oxygen atoms in total. The minimum atomic E-state index is -0.887. The van der Waals surface area contributed by atoms with Crippen molar-refractivity contribution in [3.63, 3.8) is 0 Å².